The summed E-state index contributed by atoms with van der Waals surface area (Å²) >= 11 is 0. The van der Waals surface area contributed by atoms with Crippen molar-refractivity contribution in [2.75, 3.05) is 19.5 Å². The van der Waals surface area contributed by atoms with Crippen molar-refractivity contribution in [2.45, 2.75) is 31.2 Å². The van der Waals surface area contributed by atoms with Gasteiger partial charge < -0.3 is 9.47 Å². The zero-order chi connectivity index (χ0) is 28.3. The quantitative estimate of drug-likeness (QED) is 0.246. The van der Waals surface area contributed by atoms with Crippen LogP contribution in [0.25, 0.3) is 5.69 Å². The fourth-order valence-corrected chi connectivity index (χ4v) is 5.72. The summed E-state index contributed by atoms with van der Waals surface area (Å²) in [6, 6.07) is 26.7. The van der Waals surface area contributed by atoms with Gasteiger partial charge in [-0.2, -0.15) is 8.42 Å². The van der Waals surface area contributed by atoms with E-state index in [0.717, 1.165) is 22.9 Å². The van der Waals surface area contributed by atoms with Crippen LogP contribution in [0.4, 0.5) is 0 Å². The maximum atomic E-state index is 12.7. The summed E-state index contributed by atoms with van der Waals surface area (Å²) in [5.41, 5.74) is 1.14. The van der Waals surface area contributed by atoms with Crippen LogP contribution in [0, 0.1) is 6.92 Å². The number of hydrogen-bond acceptors (Lipinski definition) is 7. The van der Waals surface area contributed by atoms with E-state index in [1.54, 1.807) is 13.0 Å². The average Bonchev–Trinajstić information content (AvgIpc) is 3.37. The van der Waals surface area contributed by atoms with Crippen LogP contribution in [0.15, 0.2) is 101 Å². The van der Waals surface area contributed by atoms with E-state index in [4.69, 9.17) is 13.7 Å². The number of aromatic nitrogens is 2. The highest BCUT2D eigenvalue weighted by Crippen LogP contribution is 2.41. The number of rotatable bonds is 9. The molecular formula is C30H30N2O7S. The Kier molecular flexibility index (Phi) is 7.86. The largest absolute Gasteiger partial charge is 0.373 e. The van der Waals surface area contributed by atoms with Crippen LogP contribution in [0.5, 0.6) is 0 Å². The molecule has 0 bridgehead atoms. The average molecular weight is 563 g/mol. The molecule has 1 aromatic heterocycles. The van der Waals surface area contributed by atoms with Crippen molar-refractivity contribution < 1.29 is 22.1 Å². The molecule has 1 aliphatic heterocycles. The second-order valence-corrected chi connectivity index (χ2v) is 11.4. The molecule has 1 aliphatic rings. The standard InChI is InChI=1S/C30H30N2O7S/c1-21-19-32(29(34)31-28(21)33)25-15-9-14-24(18-25)30(22-10-5-3-6-11-22,23-12-7-4-8-13-23)38-20-27-26(16-17-37-27)39-40(2,35)36/h3-15,18-19,26-27H,16-17,20H2,1-2H3,(H,31,33,34). The van der Waals surface area contributed by atoms with Crippen LogP contribution in [0.2, 0.25) is 0 Å². The first kappa shape index (κ1) is 27.7. The molecule has 10 heteroatoms. The molecule has 0 amide bonds. The highest BCUT2D eigenvalue weighted by Gasteiger charge is 2.41. The van der Waals surface area contributed by atoms with E-state index >= 15 is 0 Å². The van der Waals surface area contributed by atoms with Gasteiger partial charge in [0.2, 0.25) is 0 Å². The second-order valence-electron chi connectivity index (χ2n) is 9.75. The molecule has 0 aliphatic carbocycles. The number of aryl methyl sites for hydroxylation is 1. The molecule has 2 heterocycles. The van der Waals surface area contributed by atoms with E-state index < -0.39 is 39.2 Å². The smallest absolute Gasteiger partial charge is 0.332 e. The van der Waals surface area contributed by atoms with E-state index in [-0.39, 0.29) is 6.61 Å². The third kappa shape index (κ3) is 5.71. The van der Waals surface area contributed by atoms with E-state index in [9.17, 15) is 18.0 Å². The molecule has 1 N–H and O–H groups in total. The van der Waals surface area contributed by atoms with Gasteiger partial charge in [-0.25, -0.2) is 4.79 Å². The van der Waals surface area contributed by atoms with Crippen molar-refractivity contribution in [1.82, 2.24) is 9.55 Å². The fraction of sp³-hybridized carbons (Fsp3) is 0.267. The molecule has 208 valence electrons. The number of nitrogens with zero attached hydrogens (tertiary/aromatic N) is 1. The first-order valence-electron chi connectivity index (χ1n) is 12.9. The lowest BCUT2D eigenvalue weighted by Crippen LogP contribution is -2.39. The van der Waals surface area contributed by atoms with Gasteiger partial charge in [-0.3, -0.25) is 18.5 Å². The zero-order valence-electron chi connectivity index (χ0n) is 22.1. The van der Waals surface area contributed by atoms with Gasteiger partial charge >= 0.3 is 5.69 Å². The topological polar surface area (TPSA) is 117 Å². The van der Waals surface area contributed by atoms with Crippen LogP contribution in [-0.2, 0) is 29.4 Å². The number of nitrogens with one attached hydrogen (secondary N) is 1. The lowest BCUT2D eigenvalue weighted by molar-refractivity contribution is -0.0649. The number of aromatic amines is 1. The van der Waals surface area contributed by atoms with Crippen molar-refractivity contribution in [1.29, 1.82) is 0 Å². The lowest BCUT2D eigenvalue weighted by Gasteiger charge is -2.37. The van der Waals surface area contributed by atoms with Crippen LogP contribution >= 0.6 is 0 Å². The number of ether oxygens (including phenoxy) is 2. The number of benzene rings is 3. The van der Waals surface area contributed by atoms with Crippen molar-refractivity contribution in [3.05, 3.63) is 134 Å². The van der Waals surface area contributed by atoms with Gasteiger partial charge in [-0.1, -0.05) is 72.8 Å². The maximum Gasteiger partial charge on any atom is 0.332 e. The summed E-state index contributed by atoms with van der Waals surface area (Å²) in [6.45, 7) is 2.02. The molecule has 2 atom stereocenters. The summed E-state index contributed by atoms with van der Waals surface area (Å²) in [5.74, 6) is 0. The molecule has 40 heavy (non-hydrogen) atoms. The highest BCUT2D eigenvalue weighted by atomic mass is 32.2. The van der Waals surface area contributed by atoms with E-state index in [1.807, 2.05) is 78.9 Å². The molecule has 0 spiro atoms. The predicted molar refractivity (Wildman–Crippen MR) is 150 cm³/mol. The summed E-state index contributed by atoms with van der Waals surface area (Å²) in [6.07, 6.45) is 1.66. The minimum atomic E-state index is -3.69. The van der Waals surface area contributed by atoms with Crippen LogP contribution < -0.4 is 11.2 Å². The minimum absolute atomic E-state index is 0.0336. The highest BCUT2D eigenvalue weighted by molar-refractivity contribution is 7.86. The summed E-state index contributed by atoms with van der Waals surface area (Å²) in [5, 5.41) is 0. The van der Waals surface area contributed by atoms with E-state index in [2.05, 4.69) is 4.98 Å². The zero-order valence-corrected chi connectivity index (χ0v) is 23.0. The van der Waals surface area contributed by atoms with Gasteiger partial charge in [0, 0.05) is 24.8 Å². The van der Waals surface area contributed by atoms with Gasteiger partial charge in [-0.05, 0) is 35.7 Å². The molecule has 0 saturated carbocycles. The Morgan fingerprint density at radius 2 is 1.57 bits per heavy atom. The second kappa shape index (κ2) is 11.3. The van der Waals surface area contributed by atoms with Crippen molar-refractivity contribution in [3.63, 3.8) is 0 Å². The molecule has 2 unspecified atom stereocenters. The summed E-state index contributed by atoms with van der Waals surface area (Å²) in [4.78, 5) is 27.1. The van der Waals surface area contributed by atoms with E-state index in [0.29, 0.717) is 24.3 Å². The van der Waals surface area contributed by atoms with Gasteiger partial charge in [0.25, 0.3) is 15.7 Å². The van der Waals surface area contributed by atoms with Gasteiger partial charge in [0.15, 0.2) is 0 Å². The van der Waals surface area contributed by atoms with E-state index in [1.165, 1.54) is 10.8 Å². The van der Waals surface area contributed by atoms with Crippen LogP contribution in [-0.4, -0.2) is 49.6 Å². The predicted octanol–water partition coefficient (Wildman–Crippen LogP) is 3.28. The first-order chi connectivity index (χ1) is 19.2. The van der Waals surface area contributed by atoms with Crippen molar-refractivity contribution in [3.8, 4) is 5.69 Å². The molecular weight excluding hydrogens is 532 g/mol. The number of hydrogen-bond donors (Lipinski definition) is 1. The van der Waals surface area contributed by atoms with Crippen molar-refractivity contribution in [2.24, 2.45) is 0 Å². The SMILES string of the molecule is Cc1cn(-c2cccc(C(OCC3OCCC3OS(C)(=O)=O)(c3ccccc3)c3ccccc3)c2)c(=O)[nH]c1=O. The van der Waals surface area contributed by atoms with Gasteiger partial charge in [0.1, 0.15) is 17.8 Å². The Labute approximate surface area is 232 Å². The molecule has 0 radical (unpaired) electrons. The third-order valence-electron chi connectivity index (χ3n) is 6.92. The lowest BCUT2D eigenvalue weighted by atomic mass is 9.79. The van der Waals surface area contributed by atoms with Crippen molar-refractivity contribution >= 4 is 10.1 Å². The molecule has 3 aromatic carbocycles. The summed E-state index contributed by atoms with van der Waals surface area (Å²) < 4.78 is 43.1. The Hall–Kier alpha value is -3.83. The number of H-pyrrole nitrogens is 1. The monoisotopic (exact) mass is 562 g/mol. The molecule has 1 fully saturated rings. The molecule has 5 rings (SSSR count). The third-order valence-corrected chi connectivity index (χ3v) is 7.52. The Morgan fingerprint density at radius 1 is 0.950 bits per heavy atom. The van der Waals surface area contributed by atoms with Crippen LogP contribution in [0.3, 0.4) is 0 Å². The minimum Gasteiger partial charge on any atom is -0.373 e. The summed E-state index contributed by atoms with van der Waals surface area (Å²) in [7, 11) is -3.69. The van der Waals surface area contributed by atoms with Crippen LogP contribution in [0.1, 0.15) is 28.7 Å². The normalized spacial score (nSPS) is 17.6. The Balaban J connectivity index is 1.66. The molecule has 1 saturated heterocycles. The molecule has 9 nitrogen and oxygen atoms in total. The Morgan fingerprint density at radius 3 is 2.20 bits per heavy atom. The molecule has 4 aromatic rings. The van der Waals surface area contributed by atoms with Gasteiger partial charge in [0.05, 0.1) is 18.6 Å². The fourth-order valence-electron chi connectivity index (χ4n) is 5.06. The first-order valence-corrected chi connectivity index (χ1v) is 14.7. The Bertz CT molecular complexity index is 1660. The van der Waals surface area contributed by atoms with Gasteiger partial charge in [-0.15, -0.1) is 0 Å². The maximum absolute atomic E-state index is 12.7.